The van der Waals surface area contributed by atoms with Gasteiger partial charge in [0.1, 0.15) is 6.61 Å². The molecule has 29 heavy (non-hydrogen) atoms. The Bertz CT molecular complexity index is 847. The van der Waals surface area contributed by atoms with Crippen molar-refractivity contribution in [3.63, 3.8) is 0 Å². The van der Waals surface area contributed by atoms with Gasteiger partial charge in [0.2, 0.25) is 0 Å². The standard InChI is InChI=1S/C22H28N2O5/c1-14(2)24-22(26)23-12-16-6-8-17(9-7-16)21(25)29-13-18-11-20(28-5)19(27-4)10-15(18)3/h6-11,14H,12-13H2,1-5H3,(H2,23,24,26). The van der Waals surface area contributed by atoms with E-state index in [0.717, 1.165) is 16.7 Å². The predicted molar refractivity (Wildman–Crippen MR) is 110 cm³/mol. The molecule has 2 aromatic rings. The summed E-state index contributed by atoms with van der Waals surface area (Å²) in [7, 11) is 3.14. The number of hydrogen-bond acceptors (Lipinski definition) is 5. The number of methoxy groups -OCH3 is 2. The van der Waals surface area contributed by atoms with Crippen LogP contribution in [-0.4, -0.2) is 32.3 Å². The number of rotatable bonds is 8. The van der Waals surface area contributed by atoms with Crippen molar-refractivity contribution in [3.05, 3.63) is 58.7 Å². The minimum absolute atomic E-state index is 0.0708. The van der Waals surface area contributed by atoms with Gasteiger partial charge in [-0.05, 0) is 61.7 Å². The van der Waals surface area contributed by atoms with Gasteiger partial charge in [-0.25, -0.2) is 9.59 Å². The molecule has 0 aromatic heterocycles. The van der Waals surface area contributed by atoms with E-state index in [-0.39, 0.29) is 18.7 Å². The van der Waals surface area contributed by atoms with E-state index in [1.165, 1.54) is 0 Å². The molecular formula is C22H28N2O5. The molecule has 2 aromatic carbocycles. The summed E-state index contributed by atoms with van der Waals surface area (Å²) in [6.45, 7) is 6.21. The second-order valence-corrected chi connectivity index (χ2v) is 6.89. The van der Waals surface area contributed by atoms with Crippen molar-refractivity contribution in [2.24, 2.45) is 0 Å². The van der Waals surface area contributed by atoms with Gasteiger partial charge >= 0.3 is 12.0 Å². The molecule has 0 bridgehead atoms. The third-order valence-corrected chi connectivity index (χ3v) is 4.26. The van der Waals surface area contributed by atoms with E-state index in [1.54, 1.807) is 44.6 Å². The summed E-state index contributed by atoms with van der Waals surface area (Å²) in [6.07, 6.45) is 0. The molecule has 0 atom stereocenters. The largest absolute Gasteiger partial charge is 0.493 e. The first-order valence-corrected chi connectivity index (χ1v) is 9.36. The first-order valence-electron chi connectivity index (χ1n) is 9.36. The number of amides is 2. The highest BCUT2D eigenvalue weighted by atomic mass is 16.5. The highest BCUT2D eigenvalue weighted by Gasteiger charge is 2.12. The number of hydrogen-bond donors (Lipinski definition) is 2. The van der Waals surface area contributed by atoms with E-state index in [1.807, 2.05) is 26.8 Å². The quantitative estimate of drug-likeness (QED) is 0.662. The van der Waals surface area contributed by atoms with E-state index in [9.17, 15) is 9.59 Å². The lowest BCUT2D eigenvalue weighted by molar-refractivity contribution is 0.0471. The number of carbonyl (C=O) groups excluding carboxylic acids is 2. The fraction of sp³-hybridized carbons (Fsp3) is 0.364. The van der Waals surface area contributed by atoms with Crippen molar-refractivity contribution in [2.45, 2.75) is 40.0 Å². The van der Waals surface area contributed by atoms with Crippen LogP contribution in [0.3, 0.4) is 0 Å². The van der Waals surface area contributed by atoms with Crippen LogP contribution in [0.5, 0.6) is 11.5 Å². The molecule has 7 heteroatoms. The first-order chi connectivity index (χ1) is 13.8. The van der Waals surface area contributed by atoms with Gasteiger partial charge in [0.25, 0.3) is 0 Å². The lowest BCUT2D eigenvalue weighted by Crippen LogP contribution is -2.39. The molecule has 0 aliphatic rings. The molecule has 0 unspecified atom stereocenters. The number of aryl methyl sites for hydroxylation is 1. The van der Waals surface area contributed by atoms with Crippen molar-refractivity contribution in [1.29, 1.82) is 0 Å². The molecule has 156 valence electrons. The summed E-state index contributed by atoms with van der Waals surface area (Å²) < 4.78 is 16.0. The zero-order valence-electron chi connectivity index (χ0n) is 17.5. The Morgan fingerprint density at radius 2 is 1.62 bits per heavy atom. The predicted octanol–water partition coefficient (Wildman–Crippen LogP) is 3.58. The zero-order valence-corrected chi connectivity index (χ0v) is 17.5. The van der Waals surface area contributed by atoms with Crippen LogP contribution in [0, 0.1) is 6.92 Å². The highest BCUT2D eigenvalue weighted by Crippen LogP contribution is 2.30. The molecule has 0 spiro atoms. The third-order valence-electron chi connectivity index (χ3n) is 4.26. The Labute approximate surface area is 171 Å². The van der Waals surface area contributed by atoms with Gasteiger partial charge in [-0.15, -0.1) is 0 Å². The van der Waals surface area contributed by atoms with Gasteiger partial charge in [0.15, 0.2) is 11.5 Å². The van der Waals surface area contributed by atoms with Crippen molar-refractivity contribution < 1.29 is 23.8 Å². The normalized spacial score (nSPS) is 10.4. The first kappa shape index (κ1) is 22.1. The van der Waals surface area contributed by atoms with Crippen LogP contribution < -0.4 is 20.1 Å². The minimum atomic E-state index is -0.420. The van der Waals surface area contributed by atoms with E-state index < -0.39 is 5.97 Å². The van der Waals surface area contributed by atoms with E-state index >= 15 is 0 Å². The van der Waals surface area contributed by atoms with Crippen LogP contribution in [0.2, 0.25) is 0 Å². The Balaban J connectivity index is 1.94. The Morgan fingerprint density at radius 1 is 1.00 bits per heavy atom. The van der Waals surface area contributed by atoms with E-state index in [4.69, 9.17) is 14.2 Å². The number of nitrogens with one attached hydrogen (secondary N) is 2. The minimum Gasteiger partial charge on any atom is -0.493 e. The highest BCUT2D eigenvalue weighted by molar-refractivity contribution is 5.89. The molecule has 0 fully saturated rings. The van der Waals surface area contributed by atoms with Gasteiger partial charge in [-0.1, -0.05) is 12.1 Å². The summed E-state index contributed by atoms with van der Waals surface area (Å²) >= 11 is 0. The SMILES string of the molecule is COc1cc(C)c(COC(=O)c2ccc(CNC(=O)NC(C)C)cc2)cc1OC. The monoisotopic (exact) mass is 400 g/mol. The number of urea groups is 1. The average molecular weight is 400 g/mol. The molecule has 0 saturated carbocycles. The van der Waals surface area contributed by atoms with Crippen LogP contribution in [0.4, 0.5) is 4.79 Å². The fourth-order valence-electron chi connectivity index (χ4n) is 2.66. The number of carbonyl (C=O) groups is 2. The number of esters is 1. The number of benzene rings is 2. The Morgan fingerprint density at radius 3 is 2.21 bits per heavy atom. The van der Waals surface area contributed by atoms with Crippen molar-refractivity contribution in [3.8, 4) is 11.5 Å². The Hall–Kier alpha value is -3.22. The van der Waals surface area contributed by atoms with Crippen LogP contribution in [0.15, 0.2) is 36.4 Å². The summed E-state index contributed by atoms with van der Waals surface area (Å²) in [5, 5.41) is 5.52. The summed E-state index contributed by atoms with van der Waals surface area (Å²) in [6, 6.07) is 10.4. The van der Waals surface area contributed by atoms with Gasteiger partial charge in [-0.3, -0.25) is 0 Å². The lowest BCUT2D eigenvalue weighted by atomic mass is 10.1. The summed E-state index contributed by atoms with van der Waals surface area (Å²) in [5.74, 6) is 0.796. The van der Waals surface area contributed by atoms with E-state index in [0.29, 0.717) is 23.6 Å². The zero-order chi connectivity index (χ0) is 21.4. The molecule has 7 nitrogen and oxygen atoms in total. The van der Waals surface area contributed by atoms with E-state index in [2.05, 4.69) is 10.6 Å². The van der Waals surface area contributed by atoms with Crippen LogP contribution in [0.1, 0.15) is 40.9 Å². The maximum absolute atomic E-state index is 12.3. The second-order valence-electron chi connectivity index (χ2n) is 6.89. The molecule has 0 aliphatic heterocycles. The third kappa shape index (κ3) is 6.41. The summed E-state index contributed by atoms with van der Waals surface area (Å²) in [5.41, 5.74) is 3.11. The smallest absolute Gasteiger partial charge is 0.338 e. The van der Waals surface area contributed by atoms with Gasteiger partial charge in [0.05, 0.1) is 19.8 Å². The topological polar surface area (TPSA) is 85.9 Å². The molecule has 0 heterocycles. The molecule has 2 amide bonds. The maximum atomic E-state index is 12.3. The molecule has 2 N–H and O–H groups in total. The fourth-order valence-corrected chi connectivity index (χ4v) is 2.66. The average Bonchev–Trinajstić information content (AvgIpc) is 2.70. The van der Waals surface area contributed by atoms with Gasteiger partial charge in [0, 0.05) is 12.6 Å². The van der Waals surface area contributed by atoms with Crippen LogP contribution >= 0.6 is 0 Å². The van der Waals surface area contributed by atoms with Gasteiger partial charge < -0.3 is 24.8 Å². The second kappa shape index (κ2) is 10.4. The molecular weight excluding hydrogens is 372 g/mol. The van der Waals surface area contributed by atoms with Crippen molar-refractivity contribution >= 4 is 12.0 Å². The van der Waals surface area contributed by atoms with Crippen LogP contribution in [-0.2, 0) is 17.9 Å². The number of ether oxygens (including phenoxy) is 3. The van der Waals surface area contributed by atoms with Crippen LogP contribution in [0.25, 0.3) is 0 Å². The van der Waals surface area contributed by atoms with Crippen molar-refractivity contribution in [2.75, 3.05) is 14.2 Å². The molecule has 0 saturated heterocycles. The molecule has 0 radical (unpaired) electrons. The van der Waals surface area contributed by atoms with Gasteiger partial charge in [-0.2, -0.15) is 0 Å². The van der Waals surface area contributed by atoms with Crippen molar-refractivity contribution in [1.82, 2.24) is 10.6 Å². The Kier molecular flexibility index (Phi) is 7.88. The summed E-state index contributed by atoms with van der Waals surface area (Å²) in [4.78, 5) is 24.0. The molecule has 0 aliphatic carbocycles. The molecule has 2 rings (SSSR count). The lowest BCUT2D eigenvalue weighted by Gasteiger charge is -2.13. The maximum Gasteiger partial charge on any atom is 0.338 e.